The highest BCUT2D eigenvalue weighted by Crippen LogP contribution is 2.10. The van der Waals surface area contributed by atoms with Crippen molar-refractivity contribution in [1.29, 1.82) is 0 Å². The van der Waals surface area contributed by atoms with Gasteiger partial charge in [0.2, 0.25) is 5.91 Å². The summed E-state index contributed by atoms with van der Waals surface area (Å²) in [5.74, 6) is -1.89. The predicted octanol–water partition coefficient (Wildman–Crippen LogP) is 2.15. The van der Waals surface area contributed by atoms with Gasteiger partial charge in [-0.25, -0.2) is 0 Å². The maximum Gasteiger partial charge on any atom is 0.322 e. The molecule has 0 saturated heterocycles. The van der Waals surface area contributed by atoms with E-state index < -0.39 is 18.4 Å². The Morgan fingerprint density at radius 1 is 0.958 bits per heavy atom. The number of aliphatic carboxylic acids is 1. The van der Waals surface area contributed by atoms with Gasteiger partial charge in [-0.15, -0.1) is 0 Å². The summed E-state index contributed by atoms with van der Waals surface area (Å²) in [6, 6.07) is 15.6. The first kappa shape index (κ1) is 17.0. The molecule has 0 fully saturated rings. The quantitative estimate of drug-likeness (QED) is 0.710. The average Bonchev–Trinajstić information content (AvgIpc) is 2.59. The average molecular weight is 324 g/mol. The number of benzene rings is 2. The zero-order valence-corrected chi connectivity index (χ0v) is 12.7. The first-order chi connectivity index (χ1) is 11.5. The molecule has 0 aliphatic rings. The monoisotopic (exact) mass is 324 g/mol. The van der Waals surface area contributed by atoms with Gasteiger partial charge < -0.3 is 15.7 Å². The molecule has 0 saturated carbocycles. The molecule has 0 unspecified atom stereocenters. The first-order valence-corrected chi connectivity index (χ1v) is 7.19. The Labute approximate surface area is 138 Å². The lowest BCUT2D eigenvalue weighted by molar-refractivity contribution is -0.135. The fourth-order valence-electron chi connectivity index (χ4n) is 1.88. The van der Waals surface area contributed by atoms with Crippen molar-refractivity contribution in [2.45, 2.75) is 0 Å². The van der Waals surface area contributed by atoms with Crippen LogP contribution in [-0.4, -0.2) is 29.4 Å². The number of carboxylic acids is 1. The second-order valence-electron chi connectivity index (χ2n) is 4.89. The van der Waals surface area contributed by atoms with Crippen LogP contribution in [0, 0.1) is 0 Å². The SMILES string of the molecule is O=C(O)CNC(=O)c1ccc(NC(=O)/C=C/c2ccccc2)cc1. The largest absolute Gasteiger partial charge is 0.480 e. The maximum absolute atomic E-state index is 11.8. The third-order valence-corrected chi connectivity index (χ3v) is 3.04. The van der Waals surface area contributed by atoms with Crippen molar-refractivity contribution in [3.63, 3.8) is 0 Å². The molecule has 2 aromatic rings. The molecular weight excluding hydrogens is 308 g/mol. The van der Waals surface area contributed by atoms with E-state index in [9.17, 15) is 14.4 Å². The van der Waals surface area contributed by atoms with Gasteiger partial charge in [-0.05, 0) is 35.9 Å². The molecule has 24 heavy (non-hydrogen) atoms. The molecule has 0 aliphatic carbocycles. The highest BCUT2D eigenvalue weighted by Gasteiger charge is 2.07. The van der Waals surface area contributed by atoms with E-state index in [0.717, 1.165) is 5.56 Å². The van der Waals surface area contributed by atoms with Gasteiger partial charge in [-0.3, -0.25) is 14.4 Å². The summed E-state index contributed by atoms with van der Waals surface area (Å²) in [4.78, 5) is 33.9. The minimum atomic E-state index is -1.11. The Kier molecular flexibility index (Phi) is 5.85. The molecule has 0 heterocycles. The van der Waals surface area contributed by atoms with Gasteiger partial charge in [0.25, 0.3) is 5.91 Å². The van der Waals surface area contributed by atoms with Crippen LogP contribution in [-0.2, 0) is 9.59 Å². The first-order valence-electron chi connectivity index (χ1n) is 7.19. The van der Waals surface area contributed by atoms with Crippen molar-refractivity contribution in [3.8, 4) is 0 Å². The second-order valence-corrected chi connectivity index (χ2v) is 4.89. The molecule has 2 rings (SSSR count). The molecule has 0 aromatic heterocycles. The highest BCUT2D eigenvalue weighted by molar-refractivity contribution is 6.02. The van der Waals surface area contributed by atoms with Crippen LogP contribution in [0.5, 0.6) is 0 Å². The third kappa shape index (κ3) is 5.42. The molecule has 0 aliphatic heterocycles. The van der Waals surface area contributed by atoms with Crippen LogP contribution in [0.25, 0.3) is 6.08 Å². The number of amides is 2. The zero-order chi connectivity index (χ0) is 17.4. The van der Waals surface area contributed by atoms with Gasteiger partial charge in [0, 0.05) is 17.3 Å². The molecule has 6 heteroatoms. The Bertz CT molecular complexity index is 752. The minimum Gasteiger partial charge on any atom is -0.480 e. The van der Waals surface area contributed by atoms with Crippen molar-refractivity contribution in [2.24, 2.45) is 0 Å². The Balaban J connectivity index is 1.91. The molecule has 0 atom stereocenters. The van der Waals surface area contributed by atoms with Crippen molar-refractivity contribution in [3.05, 3.63) is 71.8 Å². The van der Waals surface area contributed by atoms with Gasteiger partial charge in [-0.1, -0.05) is 30.3 Å². The summed E-state index contributed by atoms with van der Waals surface area (Å²) in [5, 5.41) is 13.5. The number of carbonyl (C=O) groups is 3. The van der Waals surface area contributed by atoms with Gasteiger partial charge in [0.05, 0.1) is 0 Å². The van der Waals surface area contributed by atoms with E-state index in [-0.39, 0.29) is 5.91 Å². The minimum absolute atomic E-state index is 0.290. The van der Waals surface area contributed by atoms with Crippen LogP contribution in [0.15, 0.2) is 60.7 Å². The van der Waals surface area contributed by atoms with Crippen molar-refractivity contribution in [2.75, 3.05) is 11.9 Å². The highest BCUT2D eigenvalue weighted by atomic mass is 16.4. The van der Waals surface area contributed by atoms with E-state index in [2.05, 4.69) is 10.6 Å². The molecule has 122 valence electrons. The molecule has 0 spiro atoms. The zero-order valence-electron chi connectivity index (χ0n) is 12.7. The molecule has 2 amide bonds. The van der Waals surface area contributed by atoms with Crippen LogP contribution >= 0.6 is 0 Å². The van der Waals surface area contributed by atoms with E-state index in [4.69, 9.17) is 5.11 Å². The standard InChI is InChI=1S/C18H16N2O4/c21-16(11-6-13-4-2-1-3-5-13)20-15-9-7-14(8-10-15)18(24)19-12-17(22)23/h1-11H,12H2,(H,19,24)(H,20,21)(H,22,23)/b11-6+. The molecular formula is C18H16N2O4. The second kappa shape index (κ2) is 8.28. The normalized spacial score (nSPS) is 10.3. The third-order valence-electron chi connectivity index (χ3n) is 3.04. The van der Waals surface area contributed by atoms with Crippen LogP contribution < -0.4 is 10.6 Å². The van der Waals surface area contributed by atoms with E-state index in [0.29, 0.717) is 11.3 Å². The van der Waals surface area contributed by atoms with Crippen LogP contribution in [0.2, 0.25) is 0 Å². The summed E-state index contributed by atoms with van der Waals surface area (Å²) in [6.07, 6.45) is 3.12. The Morgan fingerprint density at radius 2 is 1.62 bits per heavy atom. The van der Waals surface area contributed by atoms with Crippen molar-refractivity contribution in [1.82, 2.24) is 5.32 Å². The maximum atomic E-state index is 11.8. The van der Waals surface area contributed by atoms with E-state index in [1.165, 1.54) is 18.2 Å². The van der Waals surface area contributed by atoms with Gasteiger partial charge >= 0.3 is 5.97 Å². The van der Waals surface area contributed by atoms with Crippen LogP contribution in [0.1, 0.15) is 15.9 Å². The number of anilines is 1. The predicted molar refractivity (Wildman–Crippen MR) is 90.5 cm³/mol. The fraction of sp³-hybridized carbons (Fsp3) is 0.0556. The smallest absolute Gasteiger partial charge is 0.322 e. The number of carbonyl (C=O) groups excluding carboxylic acids is 2. The van der Waals surface area contributed by atoms with E-state index >= 15 is 0 Å². The topological polar surface area (TPSA) is 95.5 Å². The summed E-state index contributed by atoms with van der Waals surface area (Å²) >= 11 is 0. The summed E-state index contributed by atoms with van der Waals surface area (Å²) in [5.41, 5.74) is 1.76. The molecule has 0 bridgehead atoms. The lowest BCUT2D eigenvalue weighted by Gasteiger charge is -2.05. The van der Waals surface area contributed by atoms with Gasteiger partial charge in [0.1, 0.15) is 6.54 Å². The molecule has 3 N–H and O–H groups in total. The summed E-state index contributed by atoms with van der Waals surface area (Å²) < 4.78 is 0. The van der Waals surface area contributed by atoms with Crippen molar-refractivity contribution >= 4 is 29.5 Å². The van der Waals surface area contributed by atoms with Gasteiger partial charge in [-0.2, -0.15) is 0 Å². The molecule has 0 radical (unpaired) electrons. The summed E-state index contributed by atoms with van der Waals surface area (Å²) in [6.45, 7) is -0.443. The van der Waals surface area contributed by atoms with Gasteiger partial charge in [0.15, 0.2) is 0 Å². The fourth-order valence-corrected chi connectivity index (χ4v) is 1.88. The van der Waals surface area contributed by atoms with E-state index in [1.807, 2.05) is 30.3 Å². The Hall–Kier alpha value is -3.41. The number of carboxylic acid groups (broad SMARTS) is 1. The number of hydrogen-bond donors (Lipinski definition) is 3. The van der Waals surface area contributed by atoms with Crippen LogP contribution in [0.3, 0.4) is 0 Å². The molecule has 2 aromatic carbocycles. The van der Waals surface area contributed by atoms with Crippen molar-refractivity contribution < 1.29 is 19.5 Å². The lowest BCUT2D eigenvalue weighted by atomic mass is 10.2. The number of rotatable bonds is 6. The molecule has 6 nitrogen and oxygen atoms in total. The Morgan fingerprint density at radius 3 is 2.25 bits per heavy atom. The summed E-state index contributed by atoms with van der Waals surface area (Å²) in [7, 11) is 0. The number of nitrogens with one attached hydrogen (secondary N) is 2. The van der Waals surface area contributed by atoms with Crippen LogP contribution in [0.4, 0.5) is 5.69 Å². The van der Waals surface area contributed by atoms with E-state index in [1.54, 1.807) is 18.2 Å². The lowest BCUT2D eigenvalue weighted by Crippen LogP contribution is -2.29. The number of hydrogen-bond acceptors (Lipinski definition) is 3.